The van der Waals surface area contributed by atoms with Crippen molar-refractivity contribution >= 4 is 45.2 Å². The predicted octanol–water partition coefficient (Wildman–Crippen LogP) is 7.57. The number of nitrogens with zero attached hydrogens (tertiary/aromatic N) is 2. The summed E-state index contributed by atoms with van der Waals surface area (Å²) < 4.78 is 0. The minimum atomic E-state index is 0.0779. The van der Waals surface area contributed by atoms with Crippen molar-refractivity contribution in [3.05, 3.63) is 71.0 Å². The van der Waals surface area contributed by atoms with Crippen LogP contribution in [0.2, 0.25) is 0 Å². The number of amides is 2. The first-order chi connectivity index (χ1) is 28.1. The average Bonchev–Trinajstić information content (AvgIpc) is 3.83. The number of likely N-dealkylation sites (tertiary alicyclic amines) is 2. The van der Waals surface area contributed by atoms with Gasteiger partial charge < -0.3 is 30.2 Å². The van der Waals surface area contributed by atoms with E-state index in [2.05, 4.69) is 93.0 Å². The molecule has 10 nitrogen and oxygen atoms in total. The Morgan fingerprint density at radius 2 is 1.07 bits per heavy atom. The summed E-state index contributed by atoms with van der Waals surface area (Å²) in [5.74, 6) is 2.46. The normalized spacial score (nSPS) is 23.7. The van der Waals surface area contributed by atoms with E-state index in [1.54, 1.807) is 13.8 Å². The molecule has 2 saturated heterocycles. The fourth-order valence-electron chi connectivity index (χ4n) is 10.9. The van der Waals surface area contributed by atoms with Crippen molar-refractivity contribution < 1.29 is 19.2 Å². The molecule has 312 valence electrons. The van der Waals surface area contributed by atoms with Gasteiger partial charge in [-0.25, -0.2) is 0 Å². The second-order valence-electron chi connectivity index (χ2n) is 17.8. The van der Waals surface area contributed by atoms with Gasteiger partial charge in [0.05, 0.1) is 0 Å². The number of hydrogen-bond acceptors (Lipinski definition) is 6. The zero-order valence-corrected chi connectivity index (χ0v) is 35.3. The molecule has 2 aromatic heterocycles. The van der Waals surface area contributed by atoms with E-state index >= 15 is 0 Å². The summed E-state index contributed by atoms with van der Waals surface area (Å²) in [5.41, 5.74) is 8.37. The Balaban J connectivity index is 0.000000177. The first-order valence-electron chi connectivity index (χ1n) is 22.3. The number of fused-ring (bicyclic) bond motifs is 4. The van der Waals surface area contributed by atoms with E-state index < -0.39 is 0 Å². The number of aromatic nitrogens is 2. The van der Waals surface area contributed by atoms with E-state index in [1.807, 2.05) is 0 Å². The Kier molecular flexibility index (Phi) is 13.9. The molecule has 8 rings (SSSR count). The maximum atomic E-state index is 12.2. The number of Topliss-reactive ketones (excluding diaryl/α,β-unsaturated/α-hetero) is 2. The molecule has 10 heteroatoms. The first kappa shape index (κ1) is 41.9. The highest BCUT2D eigenvalue weighted by Crippen LogP contribution is 2.46. The minimum absolute atomic E-state index is 0.0779. The number of aromatic amines is 2. The third-order valence-corrected chi connectivity index (χ3v) is 13.4. The molecule has 2 aromatic carbocycles. The zero-order chi connectivity index (χ0) is 40.8. The summed E-state index contributed by atoms with van der Waals surface area (Å²) in [7, 11) is 0. The fraction of sp³-hybridized carbons (Fsp3) is 0.583. The number of carbonyl (C=O) groups excluding carboxylic acids is 4. The molecule has 0 unspecified atom stereocenters. The summed E-state index contributed by atoms with van der Waals surface area (Å²) in [5, 5.41) is 9.14. The molecule has 4 aromatic rings. The van der Waals surface area contributed by atoms with E-state index in [1.165, 1.54) is 44.1 Å². The molecule has 0 bridgehead atoms. The lowest BCUT2D eigenvalue weighted by Gasteiger charge is -2.47. The van der Waals surface area contributed by atoms with E-state index in [-0.39, 0.29) is 23.4 Å². The lowest BCUT2D eigenvalue weighted by atomic mass is 9.72. The Hall–Kier alpha value is -4.28. The van der Waals surface area contributed by atoms with Crippen molar-refractivity contribution in [2.45, 2.75) is 129 Å². The monoisotopic (exact) mass is 791 g/mol. The van der Waals surface area contributed by atoms with Crippen LogP contribution in [0, 0.1) is 11.8 Å². The Morgan fingerprint density at radius 3 is 1.47 bits per heavy atom. The molecule has 2 fully saturated rings. The van der Waals surface area contributed by atoms with Crippen molar-refractivity contribution in [3.63, 3.8) is 0 Å². The van der Waals surface area contributed by atoms with Crippen molar-refractivity contribution in [3.8, 4) is 0 Å². The van der Waals surface area contributed by atoms with E-state index in [0.29, 0.717) is 74.3 Å². The maximum absolute atomic E-state index is 12.2. The van der Waals surface area contributed by atoms with E-state index in [0.717, 1.165) is 77.8 Å². The van der Waals surface area contributed by atoms with Gasteiger partial charge in [0, 0.05) is 110 Å². The maximum Gasteiger partial charge on any atom is 0.220 e. The average molecular weight is 791 g/mol. The molecule has 4 N–H and O–H groups in total. The number of rotatable bonds is 16. The molecular weight excluding hydrogens is 725 g/mol. The summed E-state index contributed by atoms with van der Waals surface area (Å²) in [6.07, 6.45) is 14.4. The van der Waals surface area contributed by atoms with E-state index in [4.69, 9.17) is 0 Å². The third kappa shape index (κ3) is 9.60. The summed E-state index contributed by atoms with van der Waals surface area (Å²) in [6, 6.07) is 14.4. The lowest BCUT2D eigenvalue weighted by molar-refractivity contribution is -0.123. The Bertz CT molecular complexity index is 1920. The van der Waals surface area contributed by atoms with Crippen molar-refractivity contribution in [2.24, 2.45) is 11.8 Å². The van der Waals surface area contributed by atoms with Crippen LogP contribution in [0.3, 0.4) is 0 Å². The highest BCUT2D eigenvalue weighted by Gasteiger charge is 2.42. The molecule has 4 aliphatic rings. The van der Waals surface area contributed by atoms with Crippen LogP contribution in [0.1, 0.15) is 126 Å². The molecule has 2 aliphatic heterocycles. The minimum Gasteiger partial charge on any atom is -0.361 e. The van der Waals surface area contributed by atoms with Crippen LogP contribution < -0.4 is 10.6 Å². The van der Waals surface area contributed by atoms with Gasteiger partial charge in [0.1, 0.15) is 11.6 Å². The van der Waals surface area contributed by atoms with Crippen LogP contribution in [-0.4, -0.2) is 94.5 Å². The molecule has 2 amide bonds. The molecule has 4 heterocycles. The molecule has 6 atom stereocenters. The van der Waals surface area contributed by atoms with Gasteiger partial charge in [-0.15, -0.1) is 0 Å². The highest BCUT2D eigenvalue weighted by molar-refractivity contribution is 5.89. The highest BCUT2D eigenvalue weighted by atomic mass is 16.2. The van der Waals surface area contributed by atoms with Gasteiger partial charge in [0.25, 0.3) is 0 Å². The number of nitrogens with one attached hydrogen (secondary N) is 4. The Morgan fingerprint density at radius 1 is 0.638 bits per heavy atom. The molecular formula is C48H66N6O4. The standard InChI is InChI=1S/2C24H33N3O2/c2*1-3-10-27-15-17(13-26-23(29)9-4-6-16(2)28)11-20-19-7-5-8-21-24(19)18(14-25-21)12-22(20)27/h2*5,7-8,14,17,20,22,25H,3-4,6,9-13,15H2,1-2H3,(H,26,29)/t2*17-,20+,22+/m00/s1. The van der Waals surface area contributed by atoms with Crippen LogP contribution in [0.5, 0.6) is 0 Å². The van der Waals surface area contributed by atoms with Crippen LogP contribution in [0.4, 0.5) is 0 Å². The zero-order valence-electron chi connectivity index (χ0n) is 35.3. The van der Waals surface area contributed by atoms with Crippen LogP contribution in [0.15, 0.2) is 48.8 Å². The lowest BCUT2D eigenvalue weighted by Crippen LogP contribution is -2.52. The van der Waals surface area contributed by atoms with Crippen LogP contribution in [-0.2, 0) is 32.0 Å². The third-order valence-electron chi connectivity index (χ3n) is 13.4. The van der Waals surface area contributed by atoms with Gasteiger partial charge in [-0.1, -0.05) is 38.1 Å². The Labute approximate surface area is 344 Å². The quantitative estimate of drug-likeness (QED) is 0.0927. The summed E-state index contributed by atoms with van der Waals surface area (Å²) in [4.78, 5) is 58.8. The van der Waals surface area contributed by atoms with Gasteiger partial charge in [-0.05, 0) is 125 Å². The number of H-pyrrole nitrogens is 2. The molecule has 58 heavy (non-hydrogen) atoms. The van der Waals surface area contributed by atoms with Crippen molar-refractivity contribution in [1.82, 2.24) is 30.4 Å². The van der Waals surface area contributed by atoms with Gasteiger partial charge in [0.15, 0.2) is 0 Å². The van der Waals surface area contributed by atoms with Crippen molar-refractivity contribution in [2.75, 3.05) is 39.3 Å². The summed E-state index contributed by atoms with van der Waals surface area (Å²) in [6.45, 7) is 13.5. The number of piperidine rings is 2. The second-order valence-corrected chi connectivity index (χ2v) is 17.8. The van der Waals surface area contributed by atoms with Crippen molar-refractivity contribution in [1.29, 1.82) is 0 Å². The van der Waals surface area contributed by atoms with Crippen LogP contribution >= 0.6 is 0 Å². The number of ketones is 2. The SMILES string of the molecule is CCCN1C[C@H](CNC(=O)CCCC(C)=O)C[C@@H]2c3cccc4[nH]cc(c34)C[C@H]21.CCCN1C[C@H](CNC(=O)CCCC(C)=O)C[C@@H]2c3cccc4[nH]cc(c34)C[C@H]21. The fourth-order valence-corrected chi connectivity index (χ4v) is 10.9. The van der Waals surface area contributed by atoms with Gasteiger partial charge in [0.2, 0.25) is 11.8 Å². The second kappa shape index (κ2) is 19.2. The largest absolute Gasteiger partial charge is 0.361 e. The molecule has 2 aliphatic carbocycles. The van der Waals surface area contributed by atoms with Gasteiger partial charge in [-0.3, -0.25) is 19.4 Å². The summed E-state index contributed by atoms with van der Waals surface area (Å²) >= 11 is 0. The van der Waals surface area contributed by atoms with Crippen LogP contribution in [0.25, 0.3) is 21.8 Å². The number of benzene rings is 2. The van der Waals surface area contributed by atoms with Gasteiger partial charge >= 0.3 is 0 Å². The molecule has 0 saturated carbocycles. The molecule has 0 radical (unpaired) electrons. The number of hydrogen-bond donors (Lipinski definition) is 4. The predicted molar refractivity (Wildman–Crippen MR) is 232 cm³/mol. The van der Waals surface area contributed by atoms with Gasteiger partial charge in [-0.2, -0.15) is 0 Å². The topological polar surface area (TPSA) is 130 Å². The smallest absolute Gasteiger partial charge is 0.220 e. The van der Waals surface area contributed by atoms with E-state index in [9.17, 15) is 19.2 Å². The molecule has 0 spiro atoms. The first-order valence-corrected chi connectivity index (χ1v) is 22.3. The number of carbonyl (C=O) groups is 4.